The van der Waals surface area contributed by atoms with Crippen LogP contribution in [0.2, 0.25) is 0 Å². The molecule has 0 radical (unpaired) electrons. The Morgan fingerprint density at radius 1 is 1.08 bits per heavy atom. The second-order valence-corrected chi connectivity index (χ2v) is 7.18. The van der Waals surface area contributed by atoms with E-state index in [0.29, 0.717) is 5.92 Å². The molecule has 0 bridgehead atoms. The lowest BCUT2D eigenvalue weighted by atomic mass is 10.0. The van der Waals surface area contributed by atoms with E-state index in [1.54, 1.807) is 0 Å². The first-order valence-corrected chi connectivity index (χ1v) is 9.56. The maximum absolute atomic E-state index is 5.48. The minimum atomic E-state index is 0.700. The van der Waals surface area contributed by atoms with Gasteiger partial charge in [-0.1, -0.05) is 19.1 Å². The molecule has 6 nitrogen and oxygen atoms in total. The average molecular weight is 353 g/mol. The maximum Gasteiger partial charge on any atom is 0.227 e. The van der Waals surface area contributed by atoms with Crippen molar-refractivity contribution in [1.29, 1.82) is 0 Å². The summed E-state index contributed by atoms with van der Waals surface area (Å²) < 4.78 is 5.48. The number of hydrogen-bond acceptors (Lipinski definition) is 6. The van der Waals surface area contributed by atoms with Gasteiger partial charge in [-0.05, 0) is 37.0 Å². The Bertz CT molecular complexity index is 732. The number of hydrogen-bond donors (Lipinski definition) is 1. The second-order valence-electron chi connectivity index (χ2n) is 7.18. The highest BCUT2D eigenvalue weighted by Crippen LogP contribution is 2.29. The summed E-state index contributed by atoms with van der Waals surface area (Å²) in [5.74, 6) is 2.37. The lowest BCUT2D eigenvalue weighted by molar-refractivity contribution is 0.123. The van der Waals surface area contributed by atoms with Crippen molar-refractivity contribution in [3.05, 3.63) is 36.5 Å². The molecule has 2 aromatic rings. The molecule has 0 aliphatic carbocycles. The van der Waals surface area contributed by atoms with E-state index in [1.165, 1.54) is 18.5 Å². The minimum absolute atomic E-state index is 0.700. The van der Waals surface area contributed by atoms with Gasteiger partial charge in [0, 0.05) is 32.4 Å². The van der Waals surface area contributed by atoms with E-state index < -0.39 is 0 Å². The number of morpholine rings is 1. The molecule has 0 saturated carbocycles. The highest BCUT2D eigenvalue weighted by atomic mass is 16.5. The molecule has 1 aromatic heterocycles. The first-order chi connectivity index (χ1) is 12.8. The molecule has 1 unspecified atom stereocenters. The maximum atomic E-state index is 5.48. The van der Waals surface area contributed by atoms with Crippen LogP contribution in [0.3, 0.4) is 0 Å². The van der Waals surface area contributed by atoms with Crippen molar-refractivity contribution in [2.24, 2.45) is 5.92 Å². The number of anilines is 4. The molecule has 3 heterocycles. The van der Waals surface area contributed by atoms with Crippen LogP contribution in [0.25, 0.3) is 0 Å². The molecule has 1 atom stereocenters. The van der Waals surface area contributed by atoms with Crippen molar-refractivity contribution < 1.29 is 4.74 Å². The van der Waals surface area contributed by atoms with Gasteiger partial charge < -0.3 is 19.9 Å². The van der Waals surface area contributed by atoms with Crippen LogP contribution >= 0.6 is 0 Å². The van der Waals surface area contributed by atoms with Gasteiger partial charge in [-0.3, -0.25) is 0 Å². The fraction of sp³-hybridized carbons (Fsp3) is 0.500. The Hall–Kier alpha value is -2.34. The summed E-state index contributed by atoms with van der Waals surface area (Å²) in [6.07, 6.45) is 4.35. The summed E-state index contributed by atoms with van der Waals surface area (Å²) in [4.78, 5) is 13.9. The van der Waals surface area contributed by atoms with E-state index in [-0.39, 0.29) is 0 Å². The number of nitrogens with one attached hydrogen (secondary N) is 1. The van der Waals surface area contributed by atoms with Crippen LogP contribution in [0.4, 0.5) is 23.1 Å². The number of rotatable bonds is 4. The quantitative estimate of drug-likeness (QED) is 0.910. The lowest BCUT2D eigenvalue weighted by Crippen LogP contribution is -2.36. The Kier molecular flexibility index (Phi) is 5.20. The predicted molar refractivity (Wildman–Crippen MR) is 105 cm³/mol. The molecular formula is C20H27N5O. The Balaban J connectivity index is 1.53. The number of para-hydroxylation sites is 2. The third kappa shape index (κ3) is 3.90. The van der Waals surface area contributed by atoms with Gasteiger partial charge in [0.05, 0.1) is 24.6 Å². The Morgan fingerprint density at radius 2 is 1.92 bits per heavy atom. The molecule has 2 aliphatic rings. The van der Waals surface area contributed by atoms with E-state index >= 15 is 0 Å². The van der Waals surface area contributed by atoms with Gasteiger partial charge in [0.25, 0.3) is 0 Å². The van der Waals surface area contributed by atoms with Gasteiger partial charge in [0.2, 0.25) is 5.95 Å². The smallest absolute Gasteiger partial charge is 0.227 e. The first-order valence-electron chi connectivity index (χ1n) is 9.56. The normalized spacial score (nSPS) is 20.9. The predicted octanol–water partition coefficient (Wildman–Crippen LogP) is 3.29. The highest BCUT2D eigenvalue weighted by Gasteiger charge is 2.19. The van der Waals surface area contributed by atoms with Crippen LogP contribution in [-0.2, 0) is 4.74 Å². The van der Waals surface area contributed by atoms with Crippen LogP contribution in [0.5, 0.6) is 0 Å². The highest BCUT2D eigenvalue weighted by molar-refractivity contribution is 5.74. The summed E-state index contributed by atoms with van der Waals surface area (Å²) in [7, 11) is 0. The number of benzene rings is 1. The molecule has 2 saturated heterocycles. The second kappa shape index (κ2) is 7.91. The standard InChI is InChI=1S/C20H27N5O/c1-16-5-4-10-25(15-16)20-21-9-8-19(23-20)22-17-6-2-3-7-18(17)24-11-13-26-14-12-24/h2-3,6-9,16H,4-5,10-15H2,1H3,(H,21,22,23). The van der Waals surface area contributed by atoms with Crippen molar-refractivity contribution in [2.45, 2.75) is 19.8 Å². The largest absolute Gasteiger partial charge is 0.378 e. The van der Waals surface area contributed by atoms with Crippen molar-refractivity contribution in [3.8, 4) is 0 Å². The third-order valence-corrected chi connectivity index (χ3v) is 5.10. The zero-order chi connectivity index (χ0) is 17.8. The number of ether oxygens (including phenoxy) is 1. The molecule has 4 rings (SSSR count). The van der Waals surface area contributed by atoms with E-state index in [1.807, 2.05) is 12.3 Å². The zero-order valence-electron chi connectivity index (χ0n) is 15.4. The van der Waals surface area contributed by atoms with E-state index in [0.717, 1.165) is 56.8 Å². The monoisotopic (exact) mass is 353 g/mol. The minimum Gasteiger partial charge on any atom is -0.378 e. The van der Waals surface area contributed by atoms with Gasteiger partial charge in [-0.2, -0.15) is 4.98 Å². The number of nitrogens with zero attached hydrogens (tertiary/aromatic N) is 4. The summed E-state index contributed by atoms with van der Waals surface area (Å²) in [5.41, 5.74) is 2.27. The van der Waals surface area contributed by atoms with Crippen molar-refractivity contribution in [2.75, 3.05) is 54.5 Å². The van der Waals surface area contributed by atoms with Crippen molar-refractivity contribution in [3.63, 3.8) is 0 Å². The molecule has 0 amide bonds. The van der Waals surface area contributed by atoms with Crippen LogP contribution in [0, 0.1) is 5.92 Å². The molecule has 6 heteroatoms. The van der Waals surface area contributed by atoms with Gasteiger partial charge in [0.15, 0.2) is 0 Å². The summed E-state index contributed by atoms with van der Waals surface area (Å²) >= 11 is 0. The molecule has 26 heavy (non-hydrogen) atoms. The van der Waals surface area contributed by atoms with Gasteiger partial charge in [0.1, 0.15) is 5.82 Å². The van der Waals surface area contributed by atoms with Crippen molar-refractivity contribution in [1.82, 2.24) is 9.97 Å². The fourth-order valence-electron chi connectivity index (χ4n) is 3.74. The van der Waals surface area contributed by atoms with Gasteiger partial charge in [-0.15, -0.1) is 0 Å². The SMILES string of the molecule is CC1CCCN(c2nccc(Nc3ccccc3N3CCOCC3)n2)C1. The molecule has 2 fully saturated rings. The van der Waals surface area contributed by atoms with Crippen LogP contribution in [-0.4, -0.2) is 49.4 Å². The molecule has 1 aromatic carbocycles. The van der Waals surface area contributed by atoms with Crippen LogP contribution < -0.4 is 15.1 Å². The molecule has 138 valence electrons. The van der Waals surface area contributed by atoms with Crippen LogP contribution in [0.1, 0.15) is 19.8 Å². The summed E-state index contributed by atoms with van der Waals surface area (Å²) in [6.45, 7) is 7.76. The van der Waals surface area contributed by atoms with Gasteiger partial charge >= 0.3 is 0 Å². The fourth-order valence-corrected chi connectivity index (χ4v) is 3.74. The third-order valence-electron chi connectivity index (χ3n) is 5.10. The number of aromatic nitrogens is 2. The first kappa shape index (κ1) is 17.1. The van der Waals surface area contributed by atoms with E-state index in [2.05, 4.69) is 51.3 Å². The lowest BCUT2D eigenvalue weighted by Gasteiger charge is -2.31. The Labute approximate surface area is 155 Å². The van der Waals surface area contributed by atoms with Crippen molar-refractivity contribution >= 4 is 23.1 Å². The average Bonchev–Trinajstić information content (AvgIpc) is 2.69. The zero-order valence-corrected chi connectivity index (χ0v) is 15.4. The molecule has 1 N–H and O–H groups in total. The van der Waals surface area contributed by atoms with E-state index in [9.17, 15) is 0 Å². The molecule has 2 aliphatic heterocycles. The summed E-state index contributed by atoms with van der Waals surface area (Å²) in [5, 5.41) is 3.50. The van der Waals surface area contributed by atoms with Gasteiger partial charge in [-0.25, -0.2) is 4.98 Å². The van der Waals surface area contributed by atoms with Crippen LogP contribution in [0.15, 0.2) is 36.5 Å². The molecular weight excluding hydrogens is 326 g/mol. The summed E-state index contributed by atoms with van der Waals surface area (Å²) in [6, 6.07) is 10.3. The molecule has 0 spiro atoms. The van der Waals surface area contributed by atoms with E-state index in [4.69, 9.17) is 9.72 Å². The Morgan fingerprint density at radius 3 is 2.77 bits per heavy atom. The number of piperidine rings is 1. The topological polar surface area (TPSA) is 53.5 Å².